The molecule has 0 radical (unpaired) electrons. The first-order valence-electron chi connectivity index (χ1n) is 9.04. The van der Waals surface area contributed by atoms with E-state index in [1.54, 1.807) is 11.0 Å². The summed E-state index contributed by atoms with van der Waals surface area (Å²) in [5.41, 5.74) is 6.86. The Labute approximate surface area is 160 Å². The molecule has 9 heteroatoms. The average molecular weight is 390 g/mol. The number of likely N-dealkylation sites (tertiary alicyclic amines) is 1. The van der Waals surface area contributed by atoms with Gasteiger partial charge in [0, 0.05) is 30.5 Å². The number of fused-ring (bicyclic) bond motifs is 2. The molecule has 2 amide bonds. The fraction of sp³-hybridized carbons (Fsp3) is 0.500. The second-order valence-corrected chi connectivity index (χ2v) is 7.94. The quantitative estimate of drug-likeness (QED) is 0.806. The molecule has 27 heavy (non-hydrogen) atoms. The Kier molecular flexibility index (Phi) is 4.98. The predicted molar refractivity (Wildman–Crippen MR) is 98.2 cm³/mol. The van der Waals surface area contributed by atoms with Crippen LogP contribution in [0.5, 0.6) is 0 Å². The van der Waals surface area contributed by atoms with Crippen molar-refractivity contribution in [2.75, 3.05) is 26.2 Å². The average Bonchev–Trinajstić information content (AvgIpc) is 3.36. The molecule has 4 rings (SSSR count). The smallest absolute Gasteiger partial charge is 0.261 e. The van der Waals surface area contributed by atoms with E-state index in [2.05, 4.69) is 10.5 Å². The van der Waals surface area contributed by atoms with Crippen LogP contribution in [0.15, 0.2) is 22.9 Å². The summed E-state index contributed by atoms with van der Waals surface area (Å²) in [7, 11) is 0. The standard InChI is InChI=1S/C18H22N4O4S/c19-10-16(23)22-5-3-18(4-6-22)13-9-15(27-14(13)2-7-25-18)17(24)20-11-12-1-8-26-21-12/h1,8-9H,2-7,10-11,19H2,(H,20,24). The number of amides is 2. The monoisotopic (exact) mass is 390 g/mol. The van der Waals surface area contributed by atoms with Crippen molar-refractivity contribution >= 4 is 23.2 Å². The molecule has 1 saturated heterocycles. The van der Waals surface area contributed by atoms with Gasteiger partial charge in [-0.15, -0.1) is 11.3 Å². The summed E-state index contributed by atoms with van der Waals surface area (Å²) in [4.78, 5) is 28.1. The number of nitrogens with zero attached hydrogens (tertiary/aromatic N) is 2. The van der Waals surface area contributed by atoms with Crippen LogP contribution in [0, 0.1) is 0 Å². The zero-order valence-corrected chi connectivity index (χ0v) is 15.7. The van der Waals surface area contributed by atoms with Crippen LogP contribution in [0.1, 0.15) is 38.6 Å². The van der Waals surface area contributed by atoms with E-state index in [0.717, 1.165) is 24.8 Å². The lowest BCUT2D eigenvalue weighted by molar-refractivity contribution is -0.139. The van der Waals surface area contributed by atoms with Crippen LogP contribution < -0.4 is 11.1 Å². The number of rotatable bonds is 4. The first-order valence-corrected chi connectivity index (χ1v) is 9.85. The lowest BCUT2D eigenvalue weighted by Crippen LogP contribution is -2.49. The molecule has 1 spiro atoms. The highest BCUT2D eigenvalue weighted by Crippen LogP contribution is 2.44. The number of ether oxygens (including phenoxy) is 1. The fourth-order valence-electron chi connectivity index (χ4n) is 3.78. The van der Waals surface area contributed by atoms with Crippen LogP contribution in [-0.2, 0) is 28.1 Å². The van der Waals surface area contributed by atoms with Crippen LogP contribution in [-0.4, -0.2) is 48.1 Å². The molecule has 144 valence electrons. The molecular formula is C18H22N4O4S. The summed E-state index contributed by atoms with van der Waals surface area (Å²) in [6.07, 6.45) is 3.74. The zero-order valence-electron chi connectivity index (χ0n) is 14.9. The summed E-state index contributed by atoms with van der Waals surface area (Å²) < 4.78 is 11.0. The van der Waals surface area contributed by atoms with Gasteiger partial charge in [-0.25, -0.2) is 0 Å². The Morgan fingerprint density at radius 1 is 1.37 bits per heavy atom. The van der Waals surface area contributed by atoms with Gasteiger partial charge in [-0.3, -0.25) is 9.59 Å². The topological polar surface area (TPSA) is 111 Å². The van der Waals surface area contributed by atoms with Crippen molar-refractivity contribution in [2.45, 2.75) is 31.4 Å². The molecule has 2 aromatic rings. The number of carbonyl (C=O) groups excluding carboxylic acids is 2. The van der Waals surface area contributed by atoms with Crippen LogP contribution >= 0.6 is 11.3 Å². The summed E-state index contributed by atoms with van der Waals surface area (Å²) in [6.45, 7) is 2.25. The van der Waals surface area contributed by atoms with Gasteiger partial charge in [0.05, 0.1) is 30.2 Å². The normalized spacial score (nSPS) is 18.3. The largest absolute Gasteiger partial charge is 0.370 e. The highest BCUT2D eigenvalue weighted by atomic mass is 32.1. The van der Waals surface area contributed by atoms with E-state index in [-0.39, 0.29) is 18.4 Å². The van der Waals surface area contributed by atoms with Crippen LogP contribution in [0.25, 0.3) is 0 Å². The van der Waals surface area contributed by atoms with Gasteiger partial charge in [0.2, 0.25) is 5.91 Å². The Morgan fingerprint density at radius 3 is 2.89 bits per heavy atom. The van der Waals surface area contributed by atoms with Crippen LogP contribution in [0.4, 0.5) is 0 Å². The van der Waals surface area contributed by atoms with Gasteiger partial charge in [0.1, 0.15) is 12.0 Å². The van der Waals surface area contributed by atoms with E-state index in [4.69, 9.17) is 15.0 Å². The van der Waals surface area contributed by atoms with Crippen molar-refractivity contribution < 1.29 is 18.8 Å². The third-order valence-corrected chi connectivity index (χ3v) is 6.44. The van der Waals surface area contributed by atoms with E-state index in [9.17, 15) is 9.59 Å². The van der Waals surface area contributed by atoms with E-state index in [1.807, 2.05) is 6.07 Å². The number of hydrogen-bond acceptors (Lipinski definition) is 7. The molecular weight excluding hydrogens is 368 g/mol. The Hall–Kier alpha value is -2.23. The van der Waals surface area contributed by atoms with Crippen molar-refractivity contribution in [3.8, 4) is 0 Å². The second-order valence-electron chi connectivity index (χ2n) is 6.80. The van der Waals surface area contributed by atoms with Gasteiger partial charge >= 0.3 is 0 Å². The Morgan fingerprint density at radius 2 is 2.19 bits per heavy atom. The molecule has 4 heterocycles. The van der Waals surface area contributed by atoms with E-state index >= 15 is 0 Å². The fourth-order valence-corrected chi connectivity index (χ4v) is 4.92. The number of nitrogens with one attached hydrogen (secondary N) is 1. The summed E-state index contributed by atoms with van der Waals surface area (Å²) in [5.74, 6) is -0.151. The summed E-state index contributed by atoms with van der Waals surface area (Å²) >= 11 is 1.52. The molecule has 0 bridgehead atoms. The molecule has 2 aromatic heterocycles. The number of thiophene rings is 1. The molecule has 0 aliphatic carbocycles. The van der Waals surface area contributed by atoms with E-state index in [0.29, 0.717) is 36.8 Å². The van der Waals surface area contributed by atoms with Gasteiger partial charge in [-0.1, -0.05) is 5.16 Å². The Bertz CT molecular complexity index is 825. The van der Waals surface area contributed by atoms with Crippen molar-refractivity contribution in [1.82, 2.24) is 15.4 Å². The maximum absolute atomic E-state index is 12.5. The minimum atomic E-state index is -0.403. The van der Waals surface area contributed by atoms with Crippen molar-refractivity contribution in [1.29, 1.82) is 0 Å². The first kappa shape index (κ1) is 18.1. The first-order chi connectivity index (χ1) is 13.1. The number of piperidine rings is 1. The Balaban J connectivity index is 1.48. The summed E-state index contributed by atoms with van der Waals surface area (Å²) in [5, 5.41) is 6.67. The molecule has 8 nitrogen and oxygen atoms in total. The maximum Gasteiger partial charge on any atom is 0.261 e. The van der Waals surface area contributed by atoms with Gasteiger partial charge in [0.15, 0.2) is 0 Å². The number of nitrogens with two attached hydrogens (primary N) is 1. The molecule has 2 aliphatic heterocycles. The van der Waals surface area contributed by atoms with Gasteiger partial charge in [-0.2, -0.15) is 0 Å². The highest BCUT2D eigenvalue weighted by Gasteiger charge is 2.43. The third-order valence-electron chi connectivity index (χ3n) is 5.25. The number of aromatic nitrogens is 1. The molecule has 0 unspecified atom stereocenters. The lowest BCUT2D eigenvalue weighted by atomic mass is 9.82. The number of hydrogen-bond donors (Lipinski definition) is 2. The van der Waals surface area contributed by atoms with Crippen molar-refractivity contribution in [3.05, 3.63) is 39.4 Å². The van der Waals surface area contributed by atoms with Crippen LogP contribution in [0.2, 0.25) is 0 Å². The zero-order chi connectivity index (χ0) is 18.9. The summed E-state index contributed by atoms with van der Waals surface area (Å²) in [6, 6.07) is 3.68. The molecule has 0 atom stereocenters. The number of carbonyl (C=O) groups is 2. The van der Waals surface area contributed by atoms with Crippen molar-refractivity contribution in [3.63, 3.8) is 0 Å². The predicted octanol–water partition coefficient (Wildman–Crippen LogP) is 1.02. The van der Waals surface area contributed by atoms with Gasteiger partial charge < -0.3 is 25.2 Å². The van der Waals surface area contributed by atoms with Crippen molar-refractivity contribution in [2.24, 2.45) is 5.73 Å². The second kappa shape index (κ2) is 7.41. The lowest BCUT2D eigenvalue weighted by Gasteiger charge is -2.44. The van der Waals surface area contributed by atoms with E-state index < -0.39 is 5.60 Å². The van der Waals surface area contributed by atoms with Crippen LogP contribution in [0.3, 0.4) is 0 Å². The SMILES string of the molecule is NCC(=O)N1CCC2(CC1)OCCc1sc(C(=O)NCc3ccon3)cc12. The van der Waals surface area contributed by atoms with Gasteiger partial charge in [0.25, 0.3) is 5.91 Å². The minimum absolute atomic E-state index is 0.0286. The van der Waals surface area contributed by atoms with Gasteiger partial charge in [-0.05, 0) is 24.5 Å². The highest BCUT2D eigenvalue weighted by molar-refractivity contribution is 7.14. The molecule has 0 aromatic carbocycles. The molecule has 0 saturated carbocycles. The maximum atomic E-state index is 12.5. The molecule has 3 N–H and O–H groups in total. The van der Waals surface area contributed by atoms with E-state index in [1.165, 1.54) is 22.5 Å². The third kappa shape index (κ3) is 3.50. The molecule has 2 aliphatic rings. The molecule has 1 fully saturated rings. The minimum Gasteiger partial charge on any atom is -0.370 e.